The van der Waals surface area contributed by atoms with Gasteiger partial charge in [-0.1, -0.05) is 13.8 Å². The molecule has 0 aromatic heterocycles. The third-order valence-corrected chi connectivity index (χ3v) is 3.40. The normalized spacial score (nSPS) is 20.3. The van der Waals surface area contributed by atoms with Crippen LogP contribution in [0.2, 0.25) is 0 Å². The molecule has 1 saturated carbocycles. The minimum absolute atomic E-state index is 0.116. The van der Waals surface area contributed by atoms with Gasteiger partial charge in [0, 0.05) is 0 Å². The van der Waals surface area contributed by atoms with Crippen LogP contribution in [0.4, 0.5) is 0 Å². The zero-order valence-electron chi connectivity index (χ0n) is 7.00. The van der Waals surface area contributed by atoms with Gasteiger partial charge < -0.3 is 0 Å². The van der Waals surface area contributed by atoms with E-state index in [9.17, 15) is 8.42 Å². The summed E-state index contributed by atoms with van der Waals surface area (Å²) in [5.74, 6) is 0.686. The molecule has 0 bridgehead atoms. The molecule has 3 nitrogen and oxygen atoms in total. The van der Waals surface area contributed by atoms with Crippen molar-refractivity contribution in [3.8, 4) is 0 Å². The number of primary sulfonamides is 1. The largest absolute Gasteiger partial charge is 0.229 e. The number of rotatable bonds is 3. The summed E-state index contributed by atoms with van der Waals surface area (Å²) < 4.78 is 21.5. The zero-order chi connectivity index (χ0) is 8.70. The Hall–Kier alpha value is -0.0900. The quantitative estimate of drug-likeness (QED) is 0.690. The Bertz CT molecular complexity index is 239. The van der Waals surface area contributed by atoms with Crippen molar-refractivity contribution in [1.82, 2.24) is 0 Å². The summed E-state index contributed by atoms with van der Waals surface area (Å²) in [5.41, 5.74) is -0.117. The van der Waals surface area contributed by atoms with Gasteiger partial charge in [-0.3, -0.25) is 0 Å². The molecule has 0 saturated heterocycles. The molecule has 1 fully saturated rings. The van der Waals surface area contributed by atoms with Crippen molar-refractivity contribution in [1.29, 1.82) is 0 Å². The van der Waals surface area contributed by atoms with Crippen LogP contribution in [-0.2, 0) is 10.0 Å². The molecule has 0 aromatic rings. The molecule has 11 heavy (non-hydrogen) atoms. The van der Waals surface area contributed by atoms with Crippen LogP contribution in [0.15, 0.2) is 0 Å². The molecule has 0 unspecified atom stereocenters. The van der Waals surface area contributed by atoms with Gasteiger partial charge in [-0.05, 0) is 24.2 Å². The lowest BCUT2D eigenvalue weighted by Gasteiger charge is -2.22. The van der Waals surface area contributed by atoms with Crippen LogP contribution < -0.4 is 5.14 Å². The van der Waals surface area contributed by atoms with Crippen molar-refractivity contribution in [2.24, 2.45) is 16.5 Å². The maximum absolute atomic E-state index is 10.8. The molecule has 1 rings (SSSR count). The smallest absolute Gasteiger partial charge is 0.209 e. The topological polar surface area (TPSA) is 60.2 Å². The Morgan fingerprint density at radius 2 is 1.91 bits per heavy atom. The first-order valence-corrected chi connectivity index (χ1v) is 5.53. The minimum Gasteiger partial charge on any atom is -0.229 e. The second kappa shape index (κ2) is 2.45. The van der Waals surface area contributed by atoms with Crippen molar-refractivity contribution < 1.29 is 8.42 Å². The Balaban J connectivity index is 2.59. The van der Waals surface area contributed by atoms with Gasteiger partial charge >= 0.3 is 0 Å². The fraction of sp³-hybridized carbons (Fsp3) is 1.00. The molecule has 1 aliphatic carbocycles. The summed E-state index contributed by atoms with van der Waals surface area (Å²) in [6, 6.07) is 0. The molecule has 0 atom stereocenters. The molecule has 0 radical (unpaired) electrons. The predicted molar refractivity (Wildman–Crippen MR) is 44.5 cm³/mol. The highest BCUT2D eigenvalue weighted by Gasteiger charge is 2.39. The summed E-state index contributed by atoms with van der Waals surface area (Å²) in [7, 11) is -3.29. The first kappa shape index (κ1) is 9.00. The highest BCUT2D eigenvalue weighted by atomic mass is 32.2. The predicted octanol–water partition coefficient (Wildman–Crippen LogP) is 0.711. The van der Waals surface area contributed by atoms with Crippen molar-refractivity contribution in [3.05, 3.63) is 0 Å². The van der Waals surface area contributed by atoms with E-state index in [1.54, 1.807) is 0 Å². The Labute approximate surface area is 68.0 Å². The van der Waals surface area contributed by atoms with Gasteiger partial charge in [0.1, 0.15) is 0 Å². The van der Waals surface area contributed by atoms with E-state index in [0.29, 0.717) is 5.92 Å². The average molecular weight is 177 g/mol. The number of nitrogens with two attached hydrogens (primary N) is 1. The molecule has 4 heteroatoms. The van der Waals surface area contributed by atoms with Crippen LogP contribution in [-0.4, -0.2) is 14.2 Å². The third-order valence-electron chi connectivity index (χ3n) is 2.26. The second-order valence-electron chi connectivity index (χ2n) is 4.07. The van der Waals surface area contributed by atoms with Gasteiger partial charge in [0.15, 0.2) is 0 Å². The van der Waals surface area contributed by atoms with Crippen molar-refractivity contribution >= 4 is 10.0 Å². The van der Waals surface area contributed by atoms with Crippen LogP contribution in [0.5, 0.6) is 0 Å². The summed E-state index contributed by atoms with van der Waals surface area (Å²) in [5, 5.41) is 4.96. The summed E-state index contributed by atoms with van der Waals surface area (Å²) >= 11 is 0. The lowest BCUT2D eigenvalue weighted by atomic mass is 9.90. The number of hydrogen-bond acceptors (Lipinski definition) is 2. The molecule has 0 heterocycles. The van der Waals surface area contributed by atoms with Gasteiger partial charge in [0.05, 0.1) is 5.75 Å². The molecular weight excluding hydrogens is 162 g/mol. The fourth-order valence-electron chi connectivity index (χ4n) is 1.50. The Morgan fingerprint density at radius 3 is 2.18 bits per heavy atom. The summed E-state index contributed by atoms with van der Waals surface area (Å²) in [6.45, 7) is 3.93. The fourth-order valence-corrected chi connectivity index (χ4v) is 2.77. The summed E-state index contributed by atoms with van der Waals surface area (Å²) in [4.78, 5) is 0. The van der Waals surface area contributed by atoms with E-state index in [1.165, 1.54) is 0 Å². The maximum Gasteiger partial charge on any atom is 0.209 e. The van der Waals surface area contributed by atoms with E-state index in [0.717, 1.165) is 12.8 Å². The minimum atomic E-state index is -3.29. The van der Waals surface area contributed by atoms with Crippen molar-refractivity contribution in [2.45, 2.75) is 26.7 Å². The number of hydrogen-bond donors (Lipinski definition) is 1. The lowest BCUT2D eigenvalue weighted by Crippen LogP contribution is -2.30. The first-order valence-electron chi connectivity index (χ1n) is 3.82. The van der Waals surface area contributed by atoms with Crippen molar-refractivity contribution in [2.75, 3.05) is 5.75 Å². The first-order chi connectivity index (χ1) is 4.81. The molecule has 66 valence electrons. The van der Waals surface area contributed by atoms with E-state index in [-0.39, 0.29) is 11.2 Å². The molecule has 1 aliphatic rings. The Morgan fingerprint density at radius 1 is 1.45 bits per heavy atom. The van der Waals surface area contributed by atoms with Crippen LogP contribution in [0, 0.1) is 11.3 Å². The zero-order valence-corrected chi connectivity index (χ0v) is 7.82. The average Bonchev–Trinajstić information content (AvgIpc) is 2.30. The number of sulfonamides is 1. The maximum atomic E-state index is 10.8. The second-order valence-corrected chi connectivity index (χ2v) is 5.68. The standard InChI is InChI=1S/C7H15NO2S/c1-7(2,6-3-4-6)5-11(8,9)10/h6H,3-5H2,1-2H3,(H2,8,9,10). The molecule has 0 aliphatic heterocycles. The van der Waals surface area contributed by atoms with Crippen LogP contribution >= 0.6 is 0 Å². The monoisotopic (exact) mass is 177 g/mol. The molecule has 2 N–H and O–H groups in total. The van der Waals surface area contributed by atoms with E-state index in [4.69, 9.17) is 5.14 Å². The van der Waals surface area contributed by atoms with Crippen LogP contribution in [0.1, 0.15) is 26.7 Å². The van der Waals surface area contributed by atoms with E-state index < -0.39 is 10.0 Å². The Kier molecular flexibility index (Phi) is 2.01. The molecular formula is C7H15NO2S. The molecule has 0 spiro atoms. The van der Waals surface area contributed by atoms with E-state index in [1.807, 2.05) is 13.8 Å². The summed E-state index contributed by atoms with van der Waals surface area (Å²) in [6.07, 6.45) is 2.31. The van der Waals surface area contributed by atoms with Crippen LogP contribution in [0.3, 0.4) is 0 Å². The van der Waals surface area contributed by atoms with Gasteiger partial charge in [-0.2, -0.15) is 0 Å². The lowest BCUT2D eigenvalue weighted by molar-refractivity contribution is 0.352. The van der Waals surface area contributed by atoms with Gasteiger partial charge in [-0.15, -0.1) is 0 Å². The third kappa shape index (κ3) is 2.79. The van der Waals surface area contributed by atoms with E-state index >= 15 is 0 Å². The van der Waals surface area contributed by atoms with Gasteiger partial charge in [-0.25, -0.2) is 13.6 Å². The van der Waals surface area contributed by atoms with Gasteiger partial charge in [0.2, 0.25) is 10.0 Å². The van der Waals surface area contributed by atoms with Crippen LogP contribution in [0.25, 0.3) is 0 Å². The molecule has 0 amide bonds. The molecule has 0 aromatic carbocycles. The highest BCUT2D eigenvalue weighted by Crippen LogP contribution is 2.45. The van der Waals surface area contributed by atoms with E-state index in [2.05, 4.69) is 0 Å². The van der Waals surface area contributed by atoms with Gasteiger partial charge in [0.25, 0.3) is 0 Å². The SMILES string of the molecule is CC(C)(CS(N)(=O)=O)C1CC1. The van der Waals surface area contributed by atoms with Crippen molar-refractivity contribution in [3.63, 3.8) is 0 Å². The highest BCUT2D eigenvalue weighted by molar-refractivity contribution is 7.89.